The van der Waals surface area contributed by atoms with Gasteiger partial charge in [0, 0.05) is 43.9 Å². The minimum absolute atomic E-state index is 0.224. The van der Waals surface area contributed by atoms with Gasteiger partial charge in [0.15, 0.2) is 0 Å². The summed E-state index contributed by atoms with van der Waals surface area (Å²) < 4.78 is 2.86. The second-order valence-corrected chi connectivity index (χ2v) is 10.1. The van der Waals surface area contributed by atoms with Crippen molar-refractivity contribution in [1.82, 2.24) is 25.0 Å². The van der Waals surface area contributed by atoms with Gasteiger partial charge >= 0.3 is 0 Å². The molecule has 2 aliphatic rings. The van der Waals surface area contributed by atoms with Crippen LogP contribution in [0.4, 0.5) is 0 Å². The van der Waals surface area contributed by atoms with Gasteiger partial charge in [0.1, 0.15) is 5.82 Å². The average Bonchev–Trinajstić information content (AvgIpc) is 3.20. The Bertz CT molecular complexity index is 993. The second-order valence-electron chi connectivity index (χ2n) is 9.27. The van der Waals surface area contributed by atoms with Crippen LogP contribution in [0.2, 0.25) is 0 Å². The molecule has 1 unspecified atom stereocenters. The molecule has 2 aromatic heterocycles. The van der Waals surface area contributed by atoms with Crippen LogP contribution < -0.4 is 5.32 Å². The Morgan fingerprint density at radius 1 is 1.21 bits per heavy atom. The lowest BCUT2D eigenvalue weighted by molar-refractivity contribution is -0.138. The third kappa shape index (κ3) is 5.94. The summed E-state index contributed by atoms with van der Waals surface area (Å²) in [5.74, 6) is 1.73. The summed E-state index contributed by atoms with van der Waals surface area (Å²) in [6, 6.07) is 3.99. The lowest BCUT2D eigenvalue weighted by Gasteiger charge is -2.36. The molecule has 1 aliphatic carbocycles. The number of aromatic nitrogens is 3. The van der Waals surface area contributed by atoms with Gasteiger partial charge in [-0.25, -0.2) is 4.68 Å². The maximum absolute atomic E-state index is 13.1. The van der Waals surface area contributed by atoms with Crippen molar-refractivity contribution in [2.45, 2.75) is 58.4 Å². The molecule has 6 nitrogen and oxygen atoms in total. The van der Waals surface area contributed by atoms with Crippen molar-refractivity contribution < 1.29 is 4.79 Å². The number of allylic oxidation sites excluding steroid dienone is 1. The van der Waals surface area contributed by atoms with Crippen molar-refractivity contribution in [2.75, 3.05) is 13.1 Å². The number of piperidine rings is 1. The first-order chi connectivity index (χ1) is 16.0. The van der Waals surface area contributed by atoms with E-state index >= 15 is 0 Å². The molecule has 1 saturated heterocycles. The maximum Gasteiger partial charge on any atom is 0.225 e. The summed E-state index contributed by atoms with van der Waals surface area (Å²) in [5, 5.41) is 8.07. The van der Waals surface area contributed by atoms with E-state index in [4.69, 9.17) is 0 Å². The third-order valence-electron chi connectivity index (χ3n) is 6.91. The quantitative estimate of drug-likeness (QED) is 0.511. The van der Waals surface area contributed by atoms with Gasteiger partial charge in [-0.3, -0.25) is 9.78 Å². The van der Waals surface area contributed by atoms with Crippen molar-refractivity contribution in [1.29, 1.82) is 0 Å². The van der Waals surface area contributed by atoms with Gasteiger partial charge < -0.3 is 10.2 Å². The largest absolute Gasteiger partial charge is 0.366 e. The Morgan fingerprint density at radius 3 is 2.70 bits per heavy atom. The summed E-state index contributed by atoms with van der Waals surface area (Å²) in [6.07, 6.45) is 15.4. The predicted octanol–water partition coefficient (Wildman–Crippen LogP) is 5.31. The molecule has 2 fully saturated rings. The fourth-order valence-electron chi connectivity index (χ4n) is 4.90. The molecule has 1 N–H and O–H groups in total. The molecule has 2 aromatic rings. The molecule has 7 heteroatoms. The standard InChI is InChI=1S/C26H34BrN5O/c1-19(23-11-7-13-31(18-23)26(33)22-9-4-3-5-10-22)14-25(32-20(2)24(27)17-30-32)29-16-21-8-6-12-28-15-21/h6,8,12,14-15,17,22-23,29H,1,3-5,7,9-11,13,16,18H2,2H3/b25-14-. The highest BCUT2D eigenvalue weighted by Gasteiger charge is 2.30. The Kier molecular flexibility index (Phi) is 8.02. The van der Waals surface area contributed by atoms with Crippen LogP contribution in [0.25, 0.3) is 5.82 Å². The van der Waals surface area contributed by atoms with Crippen molar-refractivity contribution >= 4 is 27.7 Å². The molecule has 0 aromatic carbocycles. The van der Waals surface area contributed by atoms with Gasteiger partial charge in [0.25, 0.3) is 0 Å². The number of halogens is 1. The van der Waals surface area contributed by atoms with Crippen molar-refractivity contribution in [2.24, 2.45) is 11.8 Å². The highest BCUT2D eigenvalue weighted by Crippen LogP contribution is 2.30. The summed E-state index contributed by atoms with van der Waals surface area (Å²) in [4.78, 5) is 19.4. The molecule has 33 heavy (non-hydrogen) atoms. The molecule has 0 spiro atoms. The fourth-order valence-corrected chi connectivity index (χ4v) is 5.16. The van der Waals surface area contributed by atoms with Gasteiger partial charge in [-0.1, -0.05) is 31.9 Å². The first-order valence-corrected chi connectivity index (χ1v) is 12.8. The molecular formula is C26H34BrN5O. The number of hydrogen-bond donors (Lipinski definition) is 1. The Labute approximate surface area is 205 Å². The van der Waals surface area contributed by atoms with Gasteiger partial charge in [-0.2, -0.15) is 5.10 Å². The number of nitrogens with one attached hydrogen (secondary N) is 1. The van der Waals surface area contributed by atoms with Crippen LogP contribution in [-0.4, -0.2) is 38.7 Å². The zero-order valence-corrected chi connectivity index (χ0v) is 21.1. The third-order valence-corrected chi connectivity index (χ3v) is 7.69. The number of carbonyl (C=O) groups excluding carboxylic acids is 1. The second kappa shape index (κ2) is 11.1. The Morgan fingerprint density at radius 2 is 2.00 bits per heavy atom. The van der Waals surface area contributed by atoms with Crippen LogP contribution in [-0.2, 0) is 11.3 Å². The minimum atomic E-state index is 0.224. The van der Waals surface area contributed by atoms with Crippen molar-refractivity contribution in [3.05, 3.63) is 64.7 Å². The summed E-state index contributed by atoms with van der Waals surface area (Å²) in [5.41, 5.74) is 3.15. The number of amides is 1. The zero-order valence-electron chi connectivity index (χ0n) is 19.5. The van der Waals surface area contributed by atoms with Gasteiger partial charge in [0.05, 0.1) is 16.4 Å². The van der Waals surface area contributed by atoms with E-state index in [1.165, 1.54) is 19.3 Å². The SMILES string of the molecule is C=C(/C=C(/NCc1cccnc1)n1ncc(Br)c1C)C1CCCN(C(=O)C2CCCCC2)C1. The number of hydrogen-bond acceptors (Lipinski definition) is 4. The fraction of sp³-hybridized carbons (Fsp3) is 0.500. The van der Waals surface area contributed by atoms with Gasteiger partial charge in [-0.05, 0) is 71.8 Å². The van der Waals surface area contributed by atoms with Crippen LogP contribution in [0.3, 0.4) is 0 Å². The molecule has 1 aliphatic heterocycles. The zero-order chi connectivity index (χ0) is 23.2. The smallest absolute Gasteiger partial charge is 0.225 e. The summed E-state index contributed by atoms with van der Waals surface area (Å²) in [6.45, 7) is 8.74. The topological polar surface area (TPSA) is 63.1 Å². The number of pyridine rings is 1. The molecular weight excluding hydrogens is 478 g/mol. The number of nitrogens with zero attached hydrogens (tertiary/aromatic N) is 4. The number of rotatable bonds is 7. The summed E-state index contributed by atoms with van der Waals surface area (Å²) in [7, 11) is 0. The lowest BCUT2D eigenvalue weighted by atomic mass is 9.86. The molecule has 1 atom stereocenters. The number of likely N-dealkylation sites (tertiary alicyclic amines) is 1. The maximum atomic E-state index is 13.1. The first kappa shape index (κ1) is 23.7. The Hall–Kier alpha value is -2.41. The molecule has 0 radical (unpaired) electrons. The molecule has 176 valence electrons. The van der Waals surface area contributed by atoms with Crippen molar-refractivity contribution in [3.63, 3.8) is 0 Å². The van der Waals surface area contributed by atoms with E-state index in [2.05, 4.69) is 48.9 Å². The minimum Gasteiger partial charge on any atom is -0.366 e. The van der Waals surface area contributed by atoms with Crippen molar-refractivity contribution in [3.8, 4) is 0 Å². The van der Waals surface area contributed by atoms with Crippen LogP contribution >= 0.6 is 15.9 Å². The molecule has 3 heterocycles. The highest BCUT2D eigenvalue weighted by molar-refractivity contribution is 9.10. The van der Waals surface area contributed by atoms with E-state index in [-0.39, 0.29) is 11.8 Å². The summed E-state index contributed by atoms with van der Waals surface area (Å²) >= 11 is 3.57. The van der Waals surface area contributed by atoms with Crippen LogP contribution in [0, 0.1) is 18.8 Å². The number of carbonyl (C=O) groups is 1. The Balaban J connectivity index is 1.48. The van der Waals surface area contributed by atoms with Gasteiger partial charge in [-0.15, -0.1) is 0 Å². The highest BCUT2D eigenvalue weighted by atomic mass is 79.9. The molecule has 1 amide bonds. The van der Waals surface area contributed by atoms with Crippen LogP contribution in [0.15, 0.2) is 53.4 Å². The van der Waals surface area contributed by atoms with E-state index in [9.17, 15) is 4.79 Å². The van der Waals surface area contributed by atoms with Crippen LogP contribution in [0.1, 0.15) is 56.2 Å². The normalized spacial score (nSPS) is 20.0. The molecule has 4 rings (SSSR count). The van der Waals surface area contributed by atoms with E-state index in [0.717, 1.165) is 65.9 Å². The van der Waals surface area contributed by atoms with E-state index < -0.39 is 0 Å². The van der Waals surface area contributed by atoms with E-state index in [1.807, 2.05) is 36.1 Å². The molecule has 1 saturated carbocycles. The first-order valence-electron chi connectivity index (χ1n) is 12.1. The van der Waals surface area contributed by atoms with E-state index in [0.29, 0.717) is 12.5 Å². The molecule has 0 bridgehead atoms. The lowest BCUT2D eigenvalue weighted by Crippen LogP contribution is -2.43. The van der Waals surface area contributed by atoms with Crippen LogP contribution in [0.5, 0.6) is 0 Å². The predicted molar refractivity (Wildman–Crippen MR) is 135 cm³/mol. The average molecular weight is 512 g/mol. The van der Waals surface area contributed by atoms with E-state index in [1.54, 1.807) is 6.20 Å². The monoisotopic (exact) mass is 511 g/mol. The van der Waals surface area contributed by atoms with Gasteiger partial charge in [0.2, 0.25) is 5.91 Å².